The van der Waals surface area contributed by atoms with Crippen LogP contribution in [0.15, 0.2) is 84.0 Å². The summed E-state index contributed by atoms with van der Waals surface area (Å²) >= 11 is 1.31. The van der Waals surface area contributed by atoms with Crippen LogP contribution in [0.5, 0.6) is 5.75 Å². The molecule has 0 aliphatic rings. The van der Waals surface area contributed by atoms with Gasteiger partial charge in [0.25, 0.3) is 0 Å². The first-order chi connectivity index (χ1) is 16.9. The SMILES string of the molecule is COc1cccc(-c2nnc(SC(C)C(=O)Nc3cccc(NC(C)=O)c3)n2-c2ccccc2)c1. The summed E-state index contributed by atoms with van der Waals surface area (Å²) in [4.78, 5) is 24.3. The Morgan fingerprint density at radius 1 is 0.914 bits per heavy atom. The van der Waals surface area contributed by atoms with Crippen LogP contribution < -0.4 is 15.4 Å². The minimum absolute atomic E-state index is 0.176. The number of para-hydroxylation sites is 1. The number of hydrogen-bond acceptors (Lipinski definition) is 6. The molecule has 8 nitrogen and oxygen atoms in total. The predicted octanol–water partition coefficient (Wildman–Crippen LogP) is 5.02. The highest BCUT2D eigenvalue weighted by Crippen LogP contribution is 2.31. The molecule has 2 amide bonds. The van der Waals surface area contributed by atoms with Crippen molar-refractivity contribution in [3.63, 3.8) is 0 Å². The van der Waals surface area contributed by atoms with Crippen LogP contribution in [0, 0.1) is 0 Å². The molecule has 3 aromatic carbocycles. The molecule has 0 radical (unpaired) electrons. The maximum Gasteiger partial charge on any atom is 0.237 e. The number of amides is 2. The van der Waals surface area contributed by atoms with Gasteiger partial charge in [0.2, 0.25) is 11.8 Å². The molecule has 1 aromatic heterocycles. The van der Waals surface area contributed by atoms with Crippen LogP contribution in [0.3, 0.4) is 0 Å². The normalized spacial score (nSPS) is 11.5. The fourth-order valence-corrected chi connectivity index (χ4v) is 4.31. The van der Waals surface area contributed by atoms with Crippen LogP contribution in [-0.4, -0.2) is 38.9 Å². The molecule has 1 atom stereocenters. The molecule has 0 saturated heterocycles. The van der Waals surface area contributed by atoms with Crippen LogP contribution in [0.2, 0.25) is 0 Å². The standard InChI is InChI=1S/C26H25N5O3S/c1-17(25(33)28-21-11-8-10-20(16-21)27-18(2)32)35-26-30-29-24(19-9-7-14-23(15-19)34-3)31(26)22-12-5-4-6-13-22/h4-17H,1-3H3,(H,27,32)(H,28,33). The molecule has 1 heterocycles. The zero-order valence-electron chi connectivity index (χ0n) is 19.6. The lowest BCUT2D eigenvalue weighted by Crippen LogP contribution is -2.23. The van der Waals surface area contributed by atoms with Crippen molar-refractivity contribution in [1.29, 1.82) is 0 Å². The summed E-state index contributed by atoms with van der Waals surface area (Å²) in [5.74, 6) is 0.992. The Kier molecular flexibility index (Phi) is 7.47. The predicted molar refractivity (Wildman–Crippen MR) is 138 cm³/mol. The first kappa shape index (κ1) is 24.0. The minimum atomic E-state index is -0.468. The lowest BCUT2D eigenvalue weighted by molar-refractivity contribution is -0.115. The Morgan fingerprint density at radius 3 is 2.34 bits per heavy atom. The van der Waals surface area contributed by atoms with E-state index in [2.05, 4.69) is 20.8 Å². The van der Waals surface area contributed by atoms with Gasteiger partial charge >= 0.3 is 0 Å². The number of anilines is 2. The number of methoxy groups -OCH3 is 1. The third-order valence-electron chi connectivity index (χ3n) is 5.08. The van der Waals surface area contributed by atoms with Crippen molar-refractivity contribution in [3.05, 3.63) is 78.9 Å². The average molecular weight is 488 g/mol. The van der Waals surface area contributed by atoms with Crippen LogP contribution in [0.4, 0.5) is 11.4 Å². The van der Waals surface area contributed by atoms with E-state index in [4.69, 9.17) is 4.74 Å². The van der Waals surface area contributed by atoms with Crippen LogP contribution in [0.25, 0.3) is 17.1 Å². The van der Waals surface area contributed by atoms with Crippen molar-refractivity contribution >= 4 is 35.0 Å². The number of thioether (sulfide) groups is 1. The number of benzene rings is 3. The van der Waals surface area contributed by atoms with Gasteiger partial charge in [-0.2, -0.15) is 0 Å². The average Bonchev–Trinajstić information content (AvgIpc) is 3.28. The van der Waals surface area contributed by atoms with Crippen molar-refractivity contribution < 1.29 is 14.3 Å². The second kappa shape index (κ2) is 10.9. The Balaban J connectivity index is 1.59. The summed E-state index contributed by atoms with van der Waals surface area (Å²) in [6, 6.07) is 24.4. The third-order valence-corrected chi connectivity index (χ3v) is 6.12. The van der Waals surface area contributed by atoms with E-state index in [0.29, 0.717) is 28.1 Å². The fraction of sp³-hybridized carbons (Fsp3) is 0.154. The summed E-state index contributed by atoms with van der Waals surface area (Å²) in [5.41, 5.74) is 2.94. The molecule has 4 aromatic rings. The highest BCUT2D eigenvalue weighted by atomic mass is 32.2. The number of nitrogens with zero attached hydrogens (tertiary/aromatic N) is 3. The number of carbonyl (C=O) groups is 2. The van der Waals surface area contributed by atoms with Crippen molar-refractivity contribution in [2.45, 2.75) is 24.3 Å². The quantitative estimate of drug-likeness (QED) is 0.339. The van der Waals surface area contributed by atoms with Crippen LogP contribution in [0.1, 0.15) is 13.8 Å². The second-order valence-electron chi connectivity index (χ2n) is 7.72. The maximum absolute atomic E-state index is 13.0. The van der Waals surface area contributed by atoms with Crippen molar-refractivity contribution in [1.82, 2.24) is 14.8 Å². The van der Waals surface area contributed by atoms with Gasteiger partial charge in [-0.25, -0.2) is 0 Å². The zero-order chi connectivity index (χ0) is 24.8. The van der Waals surface area contributed by atoms with E-state index in [1.54, 1.807) is 31.4 Å². The molecule has 0 saturated carbocycles. The van der Waals surface area contributed by atoms with Gasteiger partial charge in [-0.15, -0.1) is 10.2 Å². The largest absolute Gasteiger partial charge is 0.497 e. The van der Waals surface area contributed by atoms with Crippen molar-refractivity contribution in [3.8, 4) is 22.8 Å². The summed E-state index contributed by atoms with van der Waals surface area (Å²) in [6.45, 7) is 3.25. The molecule has 0 bridgehead atoms. The van der Waals surface area contributed by atoms with E-state index in [1.807, 2.05) is 66.1 Å². The van der Waals surface area contributed by atoms with Gasteiger partial charge < -0.3 is 15.4 Å². The van der Waals surface area contributed by atoms with Gasteiger partial charge in [-0.1, -0.05) is 48.2 Å². The summed E-state index contributed by atoms with van der Waals surface area (Å²) in [7, 11) is 1.62. The fourth-order valence-electron chi connectivity index (χ4n) is 3.44. The molecule has 9 heteroatoms. The minimum Gasteiger partial charge on any atom is -0.497 e. The highest BCUT2D eigenvalue weighted by Gasteiger charge is 2.22. The third kappa shape index (κ3) is 5.88. The summed E-state index contributed by atoms with van der Waals surface area (Å²) < 4.78 is 7.30. The van der Waals surface area contributed by atoms with Crippen LogP contribution in [-0.2, 0) is 9.59 Å². The van der Waals surface area contributed by atoms with Gasteiger partial charge in [-0.05, 0) is 49.4 Å². The van der Waals surface area contributed by atoms with Crippen molar-refractivity contribution in [2.75, 3.05) is 17.7 Å². The maximum atomic E-state index is 13.0. The van der Waals surface area contributed by atoms with E-state index in [0.717, 1.165) is 11.3 Å². The molecular formula is C26H25N5O3S. The van der Waals surface area contributed by atoms with Gasteiger partial charge in [0, 0.05) is 29.5 Å². The van der Waals surface area contributed by atoms with Gasteiger partial charge in [0.15, 0.2) is 11.0 Å². The molecule has 0 spiro atoms. The number of carbonyl (C=O) groups excluding carboxylic acids is 2. The molecule has 0 fully saturated rings. The molecule has 35 heavy (non-hydrogen) atoms. The lowest BCUT2D eigenvalue weighted by atomic mass is 10.2. The number of aromatic nitrogens is 3. The zero-order valence-corrected chi connectivity index (χ0v) is 20.4. The summed E-state index contributed by atoms with van der Waals surface area (Å²) in [5, 5.41) is 14.6. The Morgan fingerprint density at radius 2 is 1.63 bits per heavy atom. The Labute approximate surface area is 207 Å². The van der Waals surface area contributed by atoms with Crippen molar-refractivity contribution in [2.24, 2.45) is 0 Å². The smallest absolute Gasteiger partial charge is 0.237 e. The van der Waals surface area contributed by atoms with Gasteiger partial charge in [0.05, 0.1) is 12.4 Å². The molecule has 0 aliphatic carbocycles. The molecule has 4 rings (SSSR count). The number of hydrogen-bond donors (Lipinski definition) is 2. The summed E-state index contributed by atoms with van der Waals surface area (Å²) in [6.07, 6.45) is 0. The Hall–Kier alpha value is -4.11. The number of rotatable bonds is 8. The molecule has 1 unspecified atom stereocenters. The lowest BCUT2D eigenvalue weighted by Gasteiger charge is -2.14. The number of ether oxygens (including phenoxy) is 1. The van der Waals surface area contributed by atoms with E-state index in [-0.39, 0.29) is 11.8 Å². The Bertz CT molecular complexity index is 1340. The molecule has 178 valence electrons. The van der Waals surface area contributed by atoms with E-state index < -0.39 is 5.25 Å². The topological polar surface area (TPSA) is 98.1 Å². The second-order valence-corrected chi connectivity index (χ2v) is 9.03. The van der Waals surface area contributed by atoms with Gasteiger partial charge in [0.1, 0.15) is 5.75 Å². The first-order valence-electron chi connectivity index (χ1n) is 10.9. The van der Waals surface area contributed by atoms with Gasteiger partial charge in [-0.3, -0.25) is 14.2 Å². The van der Waals surface area contributed by atoms with E-state index in [1.165, 1.54) is 18.7 Å². The van der Waals surface area contributed by atoms with E-state index >= 15 is 0 Å². The van der Waals surface area contributed by atoms with E-state index in [9.17, 15) is 9.59 Å². The molecule has 0 aliphatic heterocycles. The van der Waals surface area contributed by atoms with Crippen LogP contribution >= 0.6 is 11.8 Å². The molecule has 2 N–H and O–H groups in total. The number of nitrogens with one attached hydrogen (secondary N) is 2. The highest BCUT2D eigenvalue weighted by molar-refractivity contribution is 8.00. The molecular weight excluding hydrogens is 462 g/mol. The first-order valence-corrected chi connectivity index (χ1v) is 11.8. The monoisotopic (exact) mass is 487 g/mol.